The average molecular weight is 368 g/mol. The van der Waals surface area contributed by atoms with Crippen LogP contribution in [0.15, 0.2) is 28.8 Å². The minimum atomic E-state index is -0.757. The summed E-state index contributed by atoms with van der Waals surface area (Å²) < 4.78 is 5.09. The van der Waals surface area contributed by atoms with Crippen LogP contribution in [0.3, 0.4) is 0 Å². The molecule has 0 aliphatic rings. The van der Waals surface area contributed by atoms with Gasteiger partial charge in [0, 0.05) is 6.54 Å². The molecule has 1 heterocycles. The number of anilines is 1. The molecule has 2 rings (SSSR count). The van der Waals surface area contributed by atoms with E-state index in [0.717, 1.165) is 36.4 Å². The summed E-state index contributed by atoms with van der Waals surface area (Å²) in [7, 11) is 0. The summed E-state index contributed by atoms with van der Waals surface area (Å²) in [5.74, 6) is 0.0700. The molecule has 0 bridgehead atoms. The molecule has 0 unspecified atom stereocenters. The first-order valence-corrected chi connectivity index (χ1v) is 9.30. The summed E-state index contributed by atoms with van der Waals surface area (Å²) in [6.45, 7) is 18.3. The van der Waals surface area contributed by atoms with Crippen LogP contribution in [0.1, 0.15) is 55.4 Å². The summed E-state index contributed by atoms with van der Waals surface area (Å²) in [5.41, 5.74) is 0.244. The highest BCUT2D eigenvalue weighted by atomic mass is 16.5. The van der Waals surface area contributed by atoms with Crippen molar-refractivity contribution in [3.05, 3.63) is 24.3 Å². The van der Waals surface area contributed by atoms with Gasteiger partial charge in [-0.15, -0.1) is 0 Å². The van der Waals surface area contributed by atoms with Gasteiger partial charge in [-0.05, 0) is 52.9 Å². The number of carbonyl (C=O) groups is 1. The van der Waals surface area contributed by atoms with E-state index in [1.54, 1.807) is 20.8 Å². The summed E-state index contributed by atoms with van der Waals surface area (Å²) in [6.07, 6.45) is 0. The van der Waals surface area contributed by atoms with E-state index in [1.165, 1.54) is 0 Å². The van der Waals surface area contributed by atoms with Gasteiger partial charge >= 0.3 is 5.97 Å². The second-order valence-corrected chi connectivity index (χ2v) is 6.07. The van der Waals surface area contributed by atoms with E-state index in [1.807, 2.05) is 45.0 Å². The van der Waals surface area contributed by atoms with Crippen molar-refractivity contribution in [3.63, 3.8) is 0 Å². The number of nitrogens with one attached hydrogen (secondary N) is 2. The zero-order valence-corrected chi connectivity index (χ0v) is 17.6. The summed E-state index contributed by atoms with van der Waals surface area (Å²) in [5, 5.41) is 19.4. The van der Waals surface area contributed by atoms with E-state index in [0.29, 0.717) is 0 Å². The highest BCUT2D eigenvalue weighted by Crippen LogP contribution is 2.21. The molecule has 0 aliphatic heterocycles. The fourth-order valence-electron chi connectivity index (χ4n) is 1.43. The first-order valence-electron chi connectivity index (χ1n) is 9.30. The van der Waals surface area contributed by atoms with Gasteiger partial charge in [0.2, 0.25) is 0 Å². The van der Waals surface area contributed by atoms with Crippen LogP contribution in [-0.2, 0) is 4.79 Å². The number of nitrogens with zero attached hydrogens (tertiary/aromatic N) is 1. The predicted molar refractivity (Wildman–Crippen MR) is 111 cm³/mol. The minimum absolute atomic E-state index is 0.583. The van der Waals surface area contributed by atoms with Crippen molar-refractivity contribution >= 4 is 22.8 Å². The maximum atomic E-state index is 10.0. The maximum Gasteiger partial charge on any atom is 0.308 e. The lowest BCUT2D eigenvalue weighted by atomic mass is 9.98. The first-order chi connectivity index (χ1) is 12.3. The van der Waals surface area contributed by atoms with Crippen molar-refractivity contribution in [2.75, 3.05) is 25.0 Å². The van der Waals surface area contributed by atoms with Gasteiger partial charge in [0.05, 0.1) is 10.8 Å². The Hall–Kier alpha value is -2.08. The molecule has 6 heteroatoms. The topological polar surface area (TPSA) is 87.4 Å². The number of rotatable bonds is 4. The van der Waals surface area contributed by atoms with Crippen molar-refractivity contribution < 1.29 is 14.4 Å². The van der Waals surface area contributed by atoms with Crippen LogP contribution >= 0.6 is 0 Å². The van der Waals surface area contributed by atoms with Crippen molar-refractivity contribution in [2.24, 2.45) is 5.41 Å². The van der Waals surface area contributed by atoms with Crippen LogP contribution in [0.5, 0.6) is 0 Å². The molecule has 150 valence electrons. The largest absolute Gasteiger partial charge is 0.481 e. The standard InChI is InChI=1S/C9H10N2O.C5H10O2.C4H11N.C2H6/c1-2-10-9-7-5-3-4-6-8(7)12-11-9;1-5(2,3)4(6)7;1-3-5-4-2;1-2/h3-6H,2H2,1H3,(H,10,11);1-3H3,(H,6,7);5H,3-4H2,1-2H3;1-2H3. The number of hydrogen-bond acceptors (Lipinski definition) is 5. The summed E-state index contributed by atoms with van der Waals surface area (Å²) in [4.78, 5) is 10.0. The highest BCUT2D eigenvalue weighted by molar-refractivity contribution is 5.87. The Kier molecular flexibility index (Phi) is 15.3. The number of carboxylic acid groups (broad SMARTS) is 1. The van der Waals surface area contributed by atoms with Gasteiger partial charge in [0.25, 0.3) is 0 Å². The fourth-order valence-corrected chi connectivity index (χ4v) is 1.43. The molecule has 0 atom stereocenters. The van der Waals surface area contributed by atoms with Gasteiger partial charge in [0.15, 0.2) is 11.4 Å². The van der Waals surface area contributed by atoms with E-state index >= 15 is 0 Å². The van der Waals surface area contributed by atoms with Crippen LogP contribution < -0.4 is 10.6 Å². The van der Waals surface area contributed by atoms with Gasteiger partial charge in [0.1, 0.15) is 0 Å². The second-order valence-electron chi connectivity index (χ2n) is 6.07. The maximum absolute atomic E-state index is 10.0. The molecule has 6 nitrogen and oxygen atoms in total. The van der Waals surface area contributed by atoms with Gasteiger partial charge in [-0.25, -0.2) is 0 Å². The number of benzene rings is 1. The third-order valence-electron chi connectivity index (χ3n) is 2.86. The molecule has 0 saturated heterocycles. The molecule has 0 aliphatic carbocycles. The number of carboxylic acids is 1. The van der Waals surface area contributed by atoms with E-state index < -0.39 is 11.4 Å². The Morgan fingerprint density at radius 1 is 1.08 bits per heavy atom. The van der Waals surface area contributed by atoms with E-state index in [9.17, 15) is 4.79 Å². The van der Waals surface area contributed by atoms with Crippen molar-refractivity contribution in [2.45, 2.75) is 55.4 Å². The van der Waals surface area contributed by atoms with Gasteiger partial charge in [-0.3, -0.25) is 4.79 Å². The van der Waals surface area contributed by atoms with Crippen LogP contribution in [-0.4, -0.2) is 35.9 Å². The Bertz CT molecular complexity index is 587. The number of para-hydroxylation sites is 1. The Balaban J connectivity index is 0. The lowest BCUT2D eigenvalue weighted by molar-refractivity contribution is -0.145. The monoisotopic (exact) mass is 367 g/mol. The fraction of sp³-hybridized carbons (Fsp3) is 0.600. The van der Waals surface area contributed by atoms with Crippen molar-refractivity contribution in [1.82, 2.24) is 10.5 Å². The average Bonchev–Trinajstić information content (AvgIpc) is 3.01. The number of aliphatic carboxylic acids is 1. The molecule has 0 saturated carbocycles. The van der Waals surface area contributed by atoms with Crippen LogP contribution in [0.25, 0.3) is 11.0 Å². The Morgan fingerprint density at radius 2 is 1.58 bits per heavy atom. The first kappa shape index (κ1) is 26.2. The zero-order chi connectivity index (χ0) is 20.6. The van der Waals surface area contributed by atoms with Crippen molar-refractivity contribution in [1.29, 1.82) is 0 Å². The Labute approximate surface area is 158 Å². The van der Waals surface area contributed by atoms with E-state index in [-0.39, 0.29) is 0 Å². The molecule has 1 aromatic carbocycles. The lowest BCUT2D eigenvalue weighted by Gasteiger charge is -2.08. The molecule has 0 fully saturated rings. The molecule has 26 heavy (non-hydrogen) atoms. The number of aromatic nitrogens is 1. The molecule has 0 spiro atoms. The molecule has 2 aromatic rings. The zero-order valence-electron chi connectivity index (χ0n) is 17.6. The van der Waals surface area contributed by atoms with Crippen LogP contribution in [0.4, 0.5) is 5.82 Å². The predicted octanol–water partition coefficient (Wildman–Crippen LogP) is 5.02. The van der Waals surface area contributed by atoms with E-state index in [4.69, 9.17) is 9.63 Å². The van der Waals surface area contributed by atoms with Gasteiger partial charge in [-0.1, -0.05) is 45.0 Å². The molecular weight excluding hydrogens is 330 g/mol. The molecule has 0 amide bonds. The normalized spacial score (nSPS) is 9.69. The van der Waals surface area contributed by atoms with Gasteiger partial charge < -0.3 is 20.3 Å². The smallest absolute Gasteiger partial charge is 0.308 e. The number of fused-ring (bicyclic) bond motifs is 1. The Morgan fingerprint density at radius 3 is 1.96 bits per heavy atom. The third kappa shape index (κ3) is 11.5. The summed E-state index contributed by atoms with van der Waals surface area (Å²) in [6, 6.07) is 7.80. The van der Waals surface area contributed by atoms with Crippen LogP contribution in [0, 0.1) is 5.41 Å². The lowest BCUT2D eigenvalue weighted by Crippen LogP contribution is -2.18. The van der Waals surface area contributed by atoms with Gasteiger partial charge in [-0.2, -0.15) is 0 Å². The second kappa shape index (κ2) is 15.2. The quantitative estimate of drug-likeness (QED) is 0.703. The molecule has 1 aromatic heterocycles. The minimum Gasteiger partial charge on any atom is -0.481 e. The molecular formula is C20H37N3O3. The van der Waals surface area contributed by atoms with Crippen molar-refractivity contribution in [3.8, 4) is 0 Å². The SMILES string of the molecule is CC.CC(C)(C)C(=O)O.CCNCC.CCNc1noc2ccccc12. The highest BCUT2D eigenvalue weighted by Gasteiger charge is 2.18. The molecule has 3 N–H and O–H groups in total. The molecule has 0 radical (unpaired) electrons. The number of hydrogen-bond donors (Lipinski definition) is 3. The van der Waals surface area contributed by atoms with Crippen LogP contribution in [0.2, 0.25) is 0 Å². The summed E-state index contributed by atoms with van der Waals surface area (Å²) >= 11 is 0. The third-order valence-corrected chi connectivity index (χ3v) is 2.86. The van der Waals surface area contributed by atoms with E-state index in [2.05, 4.69) is 29.6 Å².